The number of hydrogen-bond donors (Lipinski definition) is 0. The molecule has 0 saturated carbocycles. The summed E-state index contributed by atoms with van der Waals surface area (Å²) < 4.78 is 7.64. The van der Waals surface area contributed by atoms with Crippen LogP contribution in [0.2, 0.25) is 5.02 Å². The van der Waals surface area contributed by atoms with E-state index in [2.05, 4.69) is 56.2 Å². The summed E-state index contributed by atoms with van der Waals surface area (Å²) in [4.78, 5) is 0. The predicted molar refractivity (Wildman–Crippen MR) is 111 cm³/mol. The van der Waals surface area contributed by atoms with Crippen LogP contribution >= 0.6 is 11.6 Å². The molecule has 0 bridgehead atoms. The topological polar surface area (TPSA) is 56.7 Å². The maximum Gasteiger partial charge on any atom is 0.155 e. The molecule has 150 valence electrons. The number of hydrogen-bond acceptors (Lipinski definition) is 4. The highest BCUT2D eigenvalue weighted by molar-refractivity contribution is 6.31. The summed E-state index contributed by atoms with van der Waals surface area (Å²) in [6, 6.07) is 12.0. The van der Waals surface area contributed by atoms with Gasteiger partial charge in [0, 0.05) is 17.4 Å². The minimum absolute atomic E-state index is 0.163. The van der Waals surface area contributed by atoms with Gasteiger partial charge in [-0.2, -0.15) is 0 Å². The fourth-order valence-electron chi connectivity index (χ4n) is 3.89. The summed E-state index contributed by atoms with van der Waals surface area (Å²) in [5, 5.41) is 13.6. The summed E-state index contributed by atoms with van der Waals surface area (Å²) >= 11 is 6.49. The van der Waals surface area contributed by atoms with E-state index in [1.165, 1.54) is 0 Å². The summed E-state index contributed by atoms with van der Waals surface area (Å²) in [6.45, 7) is 10.8. The van der Waals surface area contributed by atoms with Crippen molar-refractivity contribution >= 4 is 11.6 Å². The molecule has 2 aromatic heterocycles. The minimum atomic E-state index is -0.189. The molecule has 6 heteroatoms. The summed E-state index contributed by atoms with van der Waals surface area (Å²) in [7, 11) is 0. The smallest absolute Gasteiger partial charge is 0.155 e. The van der Waals surface area contributed by atoms with Gasteiger partial charge < -0.3 is 4.42 Å². The van der Waals surface area contributed by atoms with Crippen molar-refractivity contribution in [2.75, 3.05) is 0 Å². The molecular weight excluding hydrogens is 372 g/mol. The fourth-order valence-corrected chi connectivity index (χ4v) is 4.11. The molecule has 0 aliphatic carbocycles. The third-order valence-electron chi connectivity index (χ3n) is 5.14. The number of rotatable bonds is 7. The molecule has 3 aromatic rings. The number of nitrogens with zero attached hydrogens (tertiary/aromatic N) is 4. The quantitative estimate of drug-likeness (QED) is 0.524. The summed E-state index contributed by atoms with van der Waals surface area (Å²) in [5.74, 6) is 2.66. The predicted octanol–water partition coefficient (Wildman–Crippen LogP) is 5.52. The van der Waals surface area contributed by atoms with Gasteiger partial charge in [-0.25, -0.2) is 4.68 Å². The van der Waals surface area contributed by atoms with Crippen LogP contribution in [0, 0.1) is 11.8 Å². The van der Waals surface area contributed by atoms with E-state index in [1.54, 1.807) is 6.26 Å². The Bertz CT molecular complexity index is 880. The molecule has 0 aliphatic heterocycles. The molecule has 2 atom stereocenters. The molecule has 0 spiro atoms. The molecule has 0 amide bonds. The van der Waals surface area contributed by atoms with E-state index in [0.717, 1.165) is 35.0 Å². The standard InChI is InChI=1S/C22H29ClN4O/c1-15(2)20(21-24-25-26-27(21)22(3,4)5)17(14-18-10-8-12-28-18)13-16-9-6-7-11-19(16)23/h6-12,15,17,20H,13-14H2,1-5H3/t17-,20+/m1/s1. The van der Waals surface area contributed by atoms with Crippen LogP contribution in [-0.2, 0) is 18.4 Å². The number of tetrazole rings is 1. The first-order chi connectivity index (χ1) is 13.3. The van der Waals surface area contributed by atoms with E-state index in [9.17, 15) is 0 Å². The number of halogens is 1. The molecule has 0 fully saturated rings. The van der Waals surface area contributed by atoms with Crippen LogP contribution in [0.15, 0.2) is 47.1 Å². The molecule has 0 saturated heterocycles. The Balaban J connectivity index is 2.03. The van der Waals surface area contributed by atoms with Crippen LogP contribution in [-0.4, -0.2) is 20.2 Å². The van der Waals surface area contributed by atoms with Crippen molar-refractivity contribution < 1.29 is 4.42 Å². The zero-order valence-corrected chi connectivity index (χ0v) is 18.0. The lowest BCUT2D eigenvalue weighted by Gasteiger charge is -2.32. The van der Waals surface area contributed by atoms with E-state index in [0.29, 0.717) is 5.92 Å². The Morgan fingerprint density at radius 2 is 1.82 bits per heavy atom. The van der Waals surface area contributed by atoms with Gasteiger partial charge in [0.05, 0.1) is 11.8 Å². The van der Waals surface area contributed by atoms with Crippen molar-refractivity contribution in [2.24, 2.45) is 11.8 Å². The van der Waals surface area contributed by atoms with Crippen molar-refractivity contribution in [3.63, 3.8) is 0 Å². The fraction of sp³-hybridized carbons (Fsp3) is 0.500. The number of aromatic nitrogens is 4. The second-order valence-corrected chi connectivity index (χ2v) is 9.14. The van der Waals surface area contributed by atoms with Crippen LogP contribution in [0.5, 0.6) is 0 Å². The van der Waals surface area contributed by atoms with Gasteiger partial charge >= 0.3 is 0 Å². The molecule has 2 heterocycles. The van der Waals surface area contributed by atoms with E-state index in [1.807, 2.05) is 35.0 Å². The Labute approximate surface area is 172 Å². The third-order valence-corrected chi connectivity index (χ3v) is 5.51. The van der Waals surface area contributed by atoms with E-state index in [4.69, 9.17) is 16.0 Å². The van der Waals surface area contributed by atoms with Crippen LogP contribution in [0.3, 0.4) is 0 Å². The Morgan fingerprint density at radius 3 is 2.43 bits per heavy atom. The molecule has 0 unspecified atom stereocenters. The SMILES string of the molecule is CC(C)[C@H](c1nnnn1C(C)(C)C)[C@@H](Cc1ccco1)Cc1ccccc1Cl. The lowest BCUT2D eigenvalue weighted by Crippen LogP contribution is -2.32. The average molecular weight is 401 g/mol. The van der Waals surface area contributed by atoms with Crippen LogP contribution in [0.4, 0.5) is 0 Å². The molecule has 5 nitrogen and oxygen atoms in total. The van der Waals surface area contributed by atoms with Gasteiger partial charge in [0.2, 0.25) is 0 Å². The van der Waals surface area contributed by atoms with Gasteiger partial charge in [0.1, 0.15) is 5.76 Å². The number of furan rings is 1. The monoisotopic (exact) mass is 400 g/mol. The van der Waals surface area contributed by atoms with Crippen LogP contribution < -0.4 is 0 Å². The first kappa shape index (κ1) is 20.6. The lowest BCUT2D eigenvalue weighted by molar-refractivity contribution is 0.264. The Kier molecular flexibility index (Phi) is 6.23. The van der Waals surface area contributed by atoms with E-state index < -0.39 is 0 Å². The zero-order valence-electron chi connectivity index (χ0n) is 17.3. The van der Waals surface area contributed by atoms with Crippen LogP contribution in [0.1, 0.15) is 57.7 Å². The van der Waals surface area contributed by atoms with Gasteiger partial charge in [-0.15, -0.1) is 5.10 Å². The van der Waals surface area contributed by atoms with E-state index >= 15 is 0 Å². The van der Waals surface area contributed by atoms with Crippen LogP contribution in [0.25, 0.3) is 0 Å². The molecule has 28 heavy (non-hydrogen) atoms. The van der Waals surface area contributed by atoms with Crippen molar-refractivity contribution in [3.05, 3.63) is 64.8 Å². The molecule has 1 aromatic carbocycles. The lowest BCUT2D eigenvalue weighted by atomic mass is 9.76. The summed E-state index contributed by atoms with van der Waals surface area (Å²) in [6.07, 6.45) is 3.36. The van der Waals surface area contributed by atoms with Gasteiger partial charge in [-0.3, -0.25) is 0 Å². The normalized spacial score (nSPS) is 14.4. The first-order valence-electron chi connectivity index (χ1n) is 9.82. The Hall–Kier alpha value is -2.14. The maximum atomic E-state index is 6.49. The van der Waals surface area contributed by atoms with Gasteiger partial charge in [-0.05, 0) is 73.2 Å². The van der Waals surface area contributed by atoms with Crippen molar-refractivity contribution in [3.8, 4) is 0 Å². The second kappa shape index (κ2) is 8.48. The largest absolute Gasteiger partial charge is 0.469 e. The van der Waals surface area contributed by atoms with Crippen molar-refractivity contribution in [1.29, 1.82) is 0 Å². The average Bonchev–Trinajstić information content (AvgIpc) is 3.28. The first-order valence-corrected chi connectivity index (χ1v) is 10.2. The second-order valence-electron chi connectivity index (χ2n) is 8.73. The zero-order chi connectivity index (χ0) is 20.3. The summed E-state index contributed by atoms with van der Waals surface area (Å²) in [5.41, 5.74) is 0.951. The number of benzene rings is 1. The van der Waals surface area contributed by atoms with Gasteiger partial charge in [-0.1, -0.05) is 43.6 Å². The molecule has 0 N–H and O–H groups in total. The molecule has 0 radical (unpaired) electrons. The Morgan fingerprint density at radius 1 is 1.07 bits per heavy atom. The molecule has 0 aliphatic rings. The minimum Gasteiger partial charge on any atom is -0.469 e. The molecular formula is C22H29ClN4O. The maximum absolute atomic E-state index is 6.49. The van der Waals surface area contributed by atoms with E-state index in [-0.39, 0.29) is 17.4 Å². The van der Waals surface area contributed by atoms with Gasteiger partial charge in [0.25, 0.3) is 0 Å². The highest BCUT2D eigenvalue weighted by Gasteiger charge is 2.34. The molecule has 3 rings (SSSR count). The third kappa shape index (κ3) is 4.64. The highest BCUT2D eigenvalue weighted by atomic mass is 35.5. The van der Waals surface area contributed by atoms with Gasteiger partial charge in [0.15, 0.2) is 5.82 Å². The highest BCUT2D eigenvalue weighted by Crippen LogP contribution is 2.37. The van der Waals surface area contributed by atoms with Crippen molar-refractivity contribution in [1.82, 2.24) is 20.2 Å². The van der Waals surface area contributed by atoms with Crippen molar-refractivity contribution in [2.45, 2.75) is 58.9 Å².